The lowest BCUT2D eigenvalue weighted by Gasteiger charge is -2.29. The third-order valence-corrected chi connectivity index (χ3v) is 6.83. The van der Waals surface area contributed by atoms with Gasteiger partial charge in [0, 0.05) is 22.0 Å². The Morgan fingerprint density at radius 3 is 2.14 bits per heavy atom. The molecule has 5 rings (SSSR count). The van der Waals surface area contributed by atoms with Crippen LogP contribution in [0.15, 0.2) is 65.8 Å². The van der Waals surface area contributed by atoms with Crippen molar-refractivity contribution in [3.63, 3.8) is 0 Å². The maximum atomic E-state index is 14.3. The van der Waals surface area contributed by atoms with Crippen molar-refractivity contribution in [1.29, 1.82) is 0 Å². The second kappa shape index (κ2) is 8.64. The summed E-state index contributed by atoms with van der Waals surface area (Å²) in [5.41, 5.74) is -0.401. The van der Waals surface area contributed by atoms with Crippen molar-refractivity contribution in [1.82, 2.24) is 4.90 Å². The number of alkyl halides is 3. The number of benzene rings is 3. The van der Waals surface area contributed by atoms with Crippen LogP contribution in [0.2, 0.25) is 10.0 Å². The summed E-state index contributed by atoms with van der Waals surface area (Å²) in [5.74, 6) is -0.773. The van der Waals surface area contributed by atoms with E-state index >= 15 is 0 Å². The second-order valence-electron chi connectivity index (χ2n) is 8.67. The molecule has 5 nitrogen and oxygen atoms in total. The molecule has 10 heteroatoms. The molecular weight excluding hydrogens is 516 g/mol. The number of hydrogen-bond acceptors (Lipinski definition) is 4. The topological polar surface area (TPSA) is 59.0 Å². The van der Waals surface area contributed by atoms with Crippen molar-refractivity contribution in [3.05, 3.63) is 104 Å². The molecule has 0 saturated heterocycles. The van der Waals surface area contributed by atoms with Crippen LogP contribution in [0.4, 0.5) is 13.2 Å². The largest absolute Gasteiger partial charge is 0.435 e. The number of fused-ring (bicyclic) bond motifs is 1. The highest BCUT2D eigenvalue weighted by Crippen LogP contribution is 2.49. The van der Waals surface area contributed by atoms with Gasteiger partial charge >= 0.3 is 6.18 Å². The lowest BCUT2D eigenvalue weighted by Crippen LogP contribution is -2.42. The molecule has 0 bridgehead atoms. The van der Waals surface area contributed by atoms with Crippen LogP contribution < -0.4 is 0 Å². The number of carbonyl (C=O) groups is 2. The van der Waals surface area contributed by atoms with Gasteiger partial charge in [0.1, 0.15) is 0 Å². The number of imide groups is 1. The van der Waals surface area contributed by atoms with E-state index in [9.17, 15) is 22.8 Å². The fourth-order valence-corrected chi connectivity index (χ4v) is 4.98. The van der Waals surface area contributed by atoms with Gasteiger partial charge in [0.05, 0.1) is 23.4 Å². The Labute approximate surface area is 214 Å². The van der Waals surface area contributed by atoms with Crippen LogP contribution in [0, 0.1) is 6.92 Å². The molecule has 3 aromatic carbocycles. The molecule has 2 aliphatic rings. The predicted molar refractivity (Wildman–Crippen MR) is 128 cm³/mol. The molecule has 3 aromatic rings. The maximum absolute atomic E-state index is 14.3. The first-order valence-corrected chi connectivity index (χ1v) is 11.6. The predicted octanol–water partition coefficient (Wildman–Crippen LogP) is 6.68. The fraction of sp³-hybridized carbons (Fsp3) is 0.192. The van der Waals surface area contributed by atoms with Gasteiger partial charge < -0.3 is 4.84 Å². The van der Waals surface area contributed by atoms with Gasteiger partial charge in [-0.2, -0.15) is 13.2 Å². The van der Waals surface area contributed by atoms with E-state index in [-0.39, 0.29) is 39.7 Å². The fourth-order valence-electron chi connectivity index (χ4n) is 4.45. The average Bonchev–Trinajstić information content (AvgIpc) is 3.37. The zero-order valence-corrected chi connectivity index (χ0v) is 20.2. The summed E-state index contributed by atoms with van der Waals surface area (Å²) >= 11 is 11.9. The molecular formula is C26H17Cl2F3N2O3. The Morgan fingerprint density at radius 2 is 1.58 bits per heavy atom. The van der Waals surface area contributed by atoms with Crippen molar-refractivity contribution >= 4 is 40.7 Å². The number of aryl methyl sites for hydroxylation is 1. The molecule has 2 heterocycles. The smallest absolute Gasteiger partial charge is 0.374 e. The minimum absolute atomic E-state index is 0.0366. The Bertz CT molecular complexity index is 1400. The molecule has 0 radical (unpaired) electrons. The summed E-state index contributed by atoms with van der Waals surface area (Å²) in [6.07, 6.45) is -5.38. The number of hydrogen-bond donors (Lipinski definition) is 0. The van der Waals surface area contributed by atoms with Gasteiger partial charge in [-0.25, -0.2) is 0 Å². The van der Waals surface area contributed by atoms with Crippen molar-refractivity contribution in [3.8, 4) is 0 Å². The minimum Gasteiger partial charge on any atom is -0.374 e. The van der Waals surface area contributed by atoms with Gasteiger partial charge in [0.25, 0.3) is 17.4 Å². The highest BCUT2D eigenvalue weighted by molar-refractivity contribution is 6.34. The van der Waals surface area contributed by atoms with Gasteiger partial charge in [-0.1, -0.05) is 52.6 Å². The van der Waals surface area contributed by atoms with Crippen LogP contribution in [0.5, 0.6) is 0 Å². The number of oxime groups is 1. The maximum Gasteiger partial charge on any atom is 0.435 e. The van der Waals surface area contributed by atoms with Crippen LogP contribution in [-0.2, 0) is 17.0 Å². The summed E-state index contributed by atoms with van der Waals surface area (Å²) in [7, 11) is 0. The third kappa shape index (κ3) is 3.94. The molecule has 0 N–H and O–H groups in total. The number of halogens is 5. The van der Waals surface area contributed by atoms with E-state index in [1.54, 1.807) is 49.4 Å². The highest BCUT2D eigenvalue weighted by Gasteiger charge is 2.62. The SMILES string of the molecule is Cc1cc(C2=NOC(c3cc(Cl)cc(Cl)c3)(C(F)(F)F)C2)ccc1CN1C(=O)c2ccccc2C1=O. The number of amides is 2. The lowest BCUT2D eigenvalue weighted by molar-refractivity contribution is -0.275. The van der Waals surface area contributed by atoms with Crippen LogP contribution >= 0.6 is 23.2 Å². The first-order chi connectivity index (χ1) is 17.0. The highest BCUT2D eigenvalue weighted by atomic mass is 35.5. The molecule has 2 aliphatic heterocycles. The van der Waals surface area contributed by atoms with Crippen LogP contribution in [-0.4, -0.2) is 28.6 Å². The normalized spacial score (nSPS) is 19.4. The van der Waals surface area contributed by atoms with Gasteiger partial charge in [-0.15, -0.1) is 0 Å². The Morgan fingerprint density at radius 1 is 0.972 bits per heavy atom. The van der Waals surface area contributed by atoms with E-state index in [0.29, 0.717) is 27.8 Å². The lowest BCUT2D eigenvalue weighted by atomic mass is 9.86. The Balaban J connectivity index is 1.41. The van der Waals surface area contributed by atoms with E-state index in [4.69, 9.17) is 28.0 Å². The quantitative estimate of drug-likeness (QED) is 0.352. The first kappa shape index (κ1) is 24.3. The number of rotatable bonds is 4. The standard InChI is InChI=1S/C26H17Cl2F3N2O3/c1-14-8-15(6-7-16(14)13-33-23(34)20-4-2-3-5-21(20)24(33)35)22-12-25(36-32-22,26(29,30)31)17-9-18(27)11-19(28)10-17/h2-11H,12-13H2,1H3. The molecule has 0 fully saturated rings. The van der Waals surface area contributed by atoms with Crippen molar-refractivity contribution in [2.75, 3.05) is 0 Å². The third-order valence-electron chi connectivity index (χ3n) is 6.40. The zero-order valence-electron chi connectivity index (χ0n) is 18.7. The van der Waals surface area contributed by atoms with Crippen LogP contribution in [0.3, 0.4) is 0 Å². The summed E-state index contributed by atoms with van der Waals surface area (Å²) in [6, 6.07) is 15.2. The molecule has 1 atom stereocenters. The minimum atomic E-state index is -4.80. The summed E-state index contributed by atoms with van der Waals surface area (Å²) < 4.78 is 42.8. The molecule has 2 amide bonds. The van der Waals surface area contributed by atoms with Crippen LogP contribution in [0.1, 0.15) is 49.4 Å². The summed E-state index contributed by atoms with van der Waals surface area (Å²) in [4.78, 5) is 31.6. The second-order valence-corrected chi connectivity index (χ2v) is 9.55. The molecule has 36 heavy (non-hydrogen) atoms. The van der Waals surface area contributed by atoms with Crippen molar-refractivity contribution in [2.45, 2.75) is 31.7 Å². The van der Waals surface area contributed by atoms with E-state index in [2.05, 4.69) is 5.16 Å². The molecule has 184 valence electrons. The van der Waals surface area contributed by atoms with E-state index < -0.39 is 18.2 Å². The Kier molecular flexibility index (Phi) is 5.84. The monoisotopic (exact) mass is 532 g/mol. The van der Waals surface area contributed by atoms with E-state index in [1.165, 1.54) is 6.07 Å². The van der Waals surface area contributed by atoms with Crippen molar-refractivity contribution < 1.29 is 27.6 Å². The number of nitrogens with zero attached hydrogens (tertiary/aromatic N) is 2. The molecule has 0 spiro atoms. The molecule has 1 unspecified atom stereocenters. The van der Waals surface area contributed by atoms with Gasteiger partial charge in [-0.3, -0.25) is 14.5 Å². The summed E-state index contributed by atoms with van der Waals surface area (Å²) in [6.45, 7) is 1.79. The Hall–Kier alpha value is -3.36. The van der Waals surface area contributed by atoms with Gasteiger partial charge in [0.15, 0.2) is 0 Å². The van der Waals surface area contributed by atoms with Gasteiger partial charge in [0.2, 0.25) is 0 Å². The molecule has 0 aliphatic carbocycles. The molecule has 0 saturated carbocycles. The van der Waals surface area contributed by atoms with Crippen LogP contribution in [0.25, 0.3) is 0 Å². The first-order valence-electron chi connectivity index (χ1n) is 10.8. The summed E-state index contributed by atoms with van der Waals surface area (Å²) in [5, 5.41) is 3.87. The average molecular weight is 533 g/mol. The number of carbonyl (C=O) groups excluding carboxylic acids is 2. The van der Waals surface area contributed by atoms with Crippen molar-refractivity contribution in [2.24, 2.45) is 5.16 Å². The zero-order chi connectivity index (χ0) is 25.8. The molecule has 0 aromatic heterocycles. The van der Waals surface area contributed by atoms with E-state index in [1.807, 2.05) is 0 Å². The van der Waals surface area contributed by atoms with Gasteiger partial charge in [-0.05, 0) is 60.0 Å². The van der Waals surface area contributed by atoms with E-state index in [0.717, 1.165) is 17.0 Å².